The molecule has 10 nitrogen and oxygen atoms in total. The zero-order chi connectivity index (χ0) is 23.7. The van der Waals surface area contributed by atoms with Crippen LogP contribution in [0.2, 0.25) is 5.02 Å². The van der Waals surface area contributed by atoms with Crippen LogP contribution in [-0.2, 0) is 39.8 Å². The lowest BCUT2D eigenvalue weighted by Crippen LogP contribution is -2.59. The summed E-state index contributed by atoms with van der Waals surface area (Å²) in [5.74, 6) is -1.29. The van der Waals surface area contributed by atoms with Crippen molar-refractivity contribution < 1.29 is 33.3 Å². The highest BCUT2D eigenvalue weighted by molar-refractivity contribution is 7.99. The van der Waals surface area contributed by atoms with Crippen molar-refractivity contribution in [3.8, 4) is 0 Å². The number of rotatable bonds is 9. The van der Waals surface area contributed by atoms with Gasteiger partial charge in [-0.15, -0.1) is 11.8 Å². The lowest BCUT2D eigenvalue weighted by atomic mass is 9.97. The van der Waals surface area contributed by atoms with E-state index in [9.17, 15) is 14.4 Å². The molecule has 1 aromatic rings. The molecule has 0 amide bonds. The van der Waals surface area contributed by atoms with Gasteiger partial charge in [0, 0.05) is 36.5 Å². The summed E-state index contributed by atoms with van der Waals surface area (Å²) in [6.07, 6.45) is -2.47. The highest BCUT2D eigenvalue weighted by Crippen LogP contribution is 2.35. The van der Waals surface area contributed by atoms with E-state index in [1.807, 2.05) is 18.2 Å². The van der Waals surface area contributed by atoms with E-state index in [1.165, 1.54) is 32.5 Å². The molecule has 0 aromatic heterocycles. The number of aryl methyl sites for hydroxylation is 1. The van der Waals surface area contributed by atoms with Crippen LogP contribution in [0, 0.1) is 0 Å². The first-order chi connectivity index (χ1) is 15.2. The van der Waals surface area contributed by atoms with E-state index in [-0.39, 0.29) is 6.61 Å². The smallest absolute Gasteiger partial charge is 0.303 e. The maximum absolute atomic E-state index is 11.8. The van der Waals surface area contributed by atoms with E-state index in [0.29, 0.717) is 17.2 Å². The van der Waals surface area contributed by atoms with Crippen LogP contribution in [0.25, 0.3) is 10.4 Å². The van der Waals surface area contributed by atoms with Crippen molar-refractivity contribution in [1.29, 1.82) is 0 Å². The maximum Gasteiger partial charge on any atom is 0.303 e. The third-order valence-electron chi connectivity index (χ3n) is 4.47. The summed E-state index contributed by atoms with van der Waals surface area (Å²) in [4.78, 5) is 37.6. The number of hydrogen-bond donors (Lipinski definition) is 0. The van der Waals surface area contributed by atoms with Crippen molar-refractivity contribution in [1.82, 2.24) is 0 Å². The largest absolute Gasteiger partial charge is 0.463 e. The van der Waals surface area contributed by atoms with E-state index in [4.69, 9.17) is 36.1 Å². The van der Waals surface area contributed by atoms with E-state index < -0.39 is 47.7 Å². The van der Waals surface area contributed by atoms with Gasteiger partial charge in [-0.2, -0.15) is 0 Å². The predicted molar refractivity (Wildman–Crippen MR) is 117 cm³/mol. The molecule has 0 N–H and O–H groups in total. The maximum atomic E-state index is 11.8. The summed E-state index contributed by atoms with van der Waals surface area (Å²) < 4.78 is 21.8. The molecular formula is C20H24ClN3O7S. The standard InChI is InChI=1S/C20H24ClN3O7S/c1-11(25)28-10-16-18(29-12(2)26)17(23-24-22)19(30-13(3)27)20(31-16)32-9-8-14-6-4-5-7-15(14)21/h4-7,16-20H,8-10H2,1-3H3/t16?,17?,18-,19?,20+/m0/s1. The number of azide groups is 1. The number of halogens is 1. The van der Waals surface area contributed by atoms with Gasteiger partial charge < -0.3 is 18.9 Å². The number of ether oxygens (including phenoxy) is 4. The average Bonchev–Trinajstić information content (AvgIpc) is 2.71. The molecule has 1 aliphatic heterocycles. The molecule has 1 heterocycles. The van der Waals surface area contributed by atoms with Crippen LogP contribution in [-0.4, -0.2) is 60.1 Å². The van der Waals surface area contributed by atoms with Crippen molar-refractivity contribution in [3.63, 3.8) is 0 Å². The Labute approximate surface area is 194 Å². The minimum absolute atomic E-state index is 0.237. The molecular weight excluding hydrogens is 462 g/mol. The van der Waals surface area contributed by atoms with Gasteiger partial charge in [-0.3, -0.25) is 14.4 Å². The van der Waals surface area contributed by atoms with Gasteiger partial charge in [-0.1, -0.05) is 34.9 Å². The van der Waals surface area contributed by atoms with E-state index in [0.717, 1.165) is 5.56 Å². The topological polar surface area (TPSA) is 137 Å². The molecule has 0 radical (unpaired) electrons. The molecule has 2 rings (SSSR count). The second-order valence-corrected chi connectivity index (χ2v) is 8.51. The Balaban J connectivity index is 2.27. The van der Waals surface area contributed by atoms with Crippen molar-refractivity contribution >= 4 is 41.3 Å². The summed E-state index contributed by atoms with van der Waals surface area (Å²) in [5.41, 5.74) is 9.26. The predicted octanol–water partition coefficient (Wildman–Crippen LogP) is 3.45. The highest BCUT2D eigenvalue weighted by atomic mass is 35.5. The number of thioether (sulfide) groups is 1. The van der Waals surface area contributed by atoms with Crippen LogP contribution < -0.4 is 0 Å². The molecule has 1 fully saturated rings. The molecule has 174 valence electrons. The van der Waals surface area contributed by atoms with Gasteiger partial charge in [0.05, 0.1) is 0 Å². The quantitative estimate of drug-likeness (QED) is 0.170. The lowest BCUT2D eigenvalue weighted by Gasteiger charge is -2.43. The van der Waals surface area contributed by atoms with Gasteiger partial charge in [-0.25, -0.2) is 0 Å². The Kier molecular flexibility index (Phi) is 10.1. The third-order valence-corrected chi connectivity index (χ3v) is 5.98. The van der Waals surface area contributed by atoms with Gasteiger partial charge in [0.1, 0.15) is 36.4 Å². The lowest BCUT2D eigenvalue weighted by molar-refractivity contribution is -0.201. The molecule has 3 unspecified atom stereocenters. The van der Waals surface area contributed by atoms with Crippen LogP contribution in [0.15, 0.2) is 29.4 Å². The van der Waals surface area contributed by atoms with Crippen molar-refractivity contribution in [3.05, 3.63) is 45.3 Å². The minimum Gasteiger partial charge on any atom is -0.463 e. The first-order valence-corrected chi connectivity index (χ1v) is 11.2. The van der Waals surface area contributed by atoms with E-state index >= 15 is 0 Å². The zero-order valence-electron chi connectivity index (χ0n) is 17.8. The van der Waals surface area contributed by atoms with Gasteiger partial charge >= 0.3 is 17.9 Å². The number of benzene rings is 1. The molecule has 1 aliphatic rings. The number of carbonyl (C=O) groups is 3. The first-order valence-electron chi connectivity index (χ1n) is 9.75. The highest BCUT2D eigenvalue weighted by Gasteiger charge is 2.49. The summed E-state index contributed by atoms with van der Waals surface area (Å²) in [6, 6.07) is 6.31. The Morgan fingerprint density at radius 3 is 2.38 bits per heavy atom. The normalized spacial score (nSPS) is 24.7. The molecule has 0 bridgehead atoms. The summed E-state index contributed by atoms with van der Waals surface area (Å²) in [6.45, 7) is 3.39. The second kappa shape index (κ2) is 12.5. The monoisotopic (exact) mass is 485 g/mol. The molecule has 0 saturated carbocycles. The SMILES string of the molecule is CC(=O)OCC1O[C@H](SCCc2ccccc2Cl)C(OC(C)=O)C(N=[N+]=[N-])[C@H]1OC(C)=O. The molecule has 0 aliphatic carbocycles. The van der Waals surface area contributed by atoms with E-state index in [1.54, 1.807) is 6.07 Å². The third kappa shape index (κ3) is 7.59. The van der Waals surface area contributed by atoms with Crippen molar-refractivity contribution in [2.45, 2.75) is 57.0 Å². The van der Waals surface area contributed by atoms with Gasteiger partial charge in [0.25, 0.3) is 0 Å². The zero-order valence-corrected chi connectivity index (χ0v) is 19.4. The average molecular weight is 486 g/mol. The summed E-state index contributed by atoms with van der Waals surface area (Å²) in [7, 11) is 0. The number of esters is 3. The fraction of sp³-hybridized carbons (Fsp3) is 0.550. The summed E-state index contributed by atoms with van der Waals surface area (Å²) in [5, 5.41) is 4.36. The van der Waals surface area contributed by atoms with Crippen LogP contribution in [0.4, 0.5) is 0 Å². The molecule has 1 saturated heterocycles. The van der Waals surface area contributed by atoms with Crippen LogP contribution >= 0.6 is 23.4 Å². The minimum atomic E-state index is -1.12. The second-order valence-electron chi connectivity index (χ2n) is 6.90. The summed E-state index contributed by atoms with van der Waals surface area (Å²) >= 11 is 7.52. The number of carbonyl (C=O) groups excluding carboxylic acids is 3. The molecule has 1 aromatic carbocycles. The molecule has 12 heteroatoms. The Hall–Kier alpha value is -2.46. The molecule has 0 spiro atoms. The van der Waals surface area contributed by atoms with Crippen LogP contribution in [0.5, 0.6) is 0 Å². The molecule has 5 atom stereocenters. The Morgan fingerprint density at radius 1 is 1.12 bits per heavy atom. The Morgan fingerprint density at radius 2 is 1.78 bits per heavy atom. The fourth-order valence-electron chi connectivity index (χ4n) is 3.19. The van der Waals surface area contributed by atoms with E-state index in [2.05, 4.69) is 10.0 Å². The van der Waals surface area contributed by atoms with Crippen molar-refractivity contribution in [2.24, 2.45) is 5.11 Å². The number of hydrogen-bond acceptors (Lipinski definition) is 9. The fourth-order valence-corrected chi connectivity index (χ4v) is 4.62. The Bertz CT molecular complexity index is 881. The van der Waals surface area contributed by atoms with Crippen molar-refractivity contribution in [2.75, 3.05) is 12.4 Å². The van der Waals surface area contributed by atoms with Gasteiger partial charge in [0.15, 0.2) is 0 Å². The first kappa shape index (κ1) is 25.8. The van der Waals surface area contributed by atoms with Crippen LogP contribution in [0.1, 0.15) is 26.3 Å². The van der Waals surface area contributed by atoms with Gasteiger partial charge in [-0.05, 0) is 23.6 Å². The van der Waals surface area contributed by atoms with Gasteiger partial charge in [0.2, 0.25) is 0 Å². The molecule has 32 heavy (non-hydrogen) atoms. The van der Waals surface area contributed by atoms with Crippen LogP contribution in [0.3, 0.4) is 0 Å². The number of nitrogens with zero attached hydrogens (tertiary/aromatic N) is 3.